The Balaban J connectivity index is 1.24. The van der Waals surface area contributed by atoms with Gasteiger partial charge in [-0.05, 0) is 36.1 Å². The van der Waals surface area contributed by atoms with Crippen LogP contribution < -0.4 is 5.73 Å². The van der Waals surface area contributed by atoms with Crippen molar-refractivity contribution in [1.29, 1.82) is 0 Å². The third-order valence-electron chi connectivity index (χ3n) is 6.41. The molecule has 3 heterocycles. The molecule has 1 aromatic heterocycles. The second-order valence-electron chi connectivity index (χ2n) is 8.68. The first-order valence-electron chi connectivity index (χ1n) is 10.8. The Hall–Kier alpha value is -3.44. The Bertz CT molecular complexity index is 1240. The van der Waals surface area contributed by atoms with Gasteiger partial charge in [-0.2, -0.15) is 18.3 Å². The molecule has 2 fully saturated rings. The first-order chi connectivity index (χ1) is 16.2. The number of fused-ring (bicyclic) bond motifs is 2. The fraction of sp³-hybridized carbons (Fsp3) is 0.348. The third-order valence-corrected chi connectivity index (χ3v) is 6.41. The summed E-state index contributed by atoms with van der Waals surface area (Å²) in [5.74, 6) is -2.54. The largest absolute Gasteiger partial charge is 0.492 e. The number of halogens is 3. The molecule has 2 saturated heterocycles. The molecule has 2 aromatic carbocycles. The molecule has 11 heteroatoms. The first kappa shape index (κ1) is 22.4. The lowest BCUT2D eigenvalue weighted by atomic mass is 10.1. The van der Waals surface area contributed by atoms with E-state index in [4.69, 9.17) is 5.73 Å². The van der Waals surface area contributed by atoms with Crippen molar-refractivity contribution in [3.63, 3.8) is 0 Å². The van der Waals surface area contributed by atoms with Crippen LogP contribution in [0.15, 0.2) is 48.7 Å². The highest BCUT2D eigenvalue weighted by atomic mass is 19.4. The van der Waals surface area contributed by atoms with Crippen molar-refractivity contribution in [1.82, 2.24) is 19.7 Å². The summed E-state index contributed by atoms with van der Waals surface area (Å²) in [5, 5.41) is 6.50. The van der Waals surface area contributed by atoms with Crippen LogP contribution >= 0.6 is 0 Å². The SMILES string of the molecule is NC(=O)c1cccc2cn(-c3ccc(CN4CC5CCN(OC(=O)C(F)(F)F)C5C4)cc3)nc12. The number of carbonyl (C=O) groups excluding carboxylic acids is 2. The number of benzene rings is 2. The van der Waals surface area contributed by atoms with E-state index in [0.29, 0.717) is 37.1 Å². The van der Waals surface area contributed by atoms with Gasteiger partial charge in [0.25, 0.3) is 5.91 Å². The number of likely N-dealkylation sites (tertiary alicyclic amines) is 1. The van der Waals surface area contributed by atoms with Crippen LogP contribution in [0.2, 0.25) is 0 Å². The molecule has 2 N–H and O–H groups in total. The normalized spacial score (nSPS) is 21.1. The third kappa shape index (κ3) is 4.24. The fourth-order valence-corrected chi connectivity index (χ4v) is 4.80. The Morgan fingerprint density at radius 1 is 1.12 bits per heavy atom. The van der Waals surface area contributed by atoms with Crippen molar-refractivity contribution in [2.75, 3.05) is 19.6 Å². The Morgan fingerprint density at radius 2 is 1.88 bits per heavy atom. The molecule has 2 atom stereocenters. The number of rotatable bonds is 5. The van der Waals surface area contributed by atoms with Gasteiger partial charge in [-0.25, -0.2) is 9.48 Å². The number of hydrogen-bond donors (Lipinski definition) is 1. The average Bonchev–Trinajstić information content (AvgIpc) is 3.48. The lowest BCUT2D eigenvalue weighted by molar-refractivity contribution is -0.241. The molecule has 0 spiro atoms. The lowest BCUT2D eigenvalue weighted by Crippen LogP contribution is -2.40. The second-order valence-corrected chi connectivity index (χ2v) is 8.68. The van der Waals surface area contributed by atoms with E-state index >= 15 is 0 Å². The molecule has 0 bridgehead atoms. The molecule has 0 saturated carbocycles. The number of hydroxylamine groups is 2. The number of nitrogens with zero attached hydrogens (tertiary/aromatic N) is 4. The molecule has 3 aromatic rings. The quantitative estimate of drug-likeness (QED) is 0.613. The standard InChI is InChI=1S/C23H22F3N5O3/c24-23(25,26)22(33)34-31-9-8-15-11-29(13-19(15)31)10-14-4-6-17(7-5-14)30-12-16-2-1-3-18(21(27)32)20(16)28-30/h1-7,12,15,19H,8-11,13H2,(H2,27,32). The van der Waals surface area contributed by atoms with Crippen LogP contribution in [0.5, 0.6) is 0 Å². The summed E-state index contributed by atoms with van der Waals surface area (Å²) in [6.45, 7) is 2.20. The van der Waals surface area contributed by atoms with Crippen LogP contribution in [0.4, 0.5) is 13.2 Å². The summed E-state index contributed by atoms with van der Waals surface area (Å²) in [4.78, 5) is 29.6. The molecule has 2 aliphatic heterocycles. The summed E-state index contributed by atoms with van der Waals surface area (Å²) >= 11 is 0. The number of alkyl halides is 3. The average molecular weight is 473 g/mol. The van der Waals surface area contributed by atoms with E-state index in [1.807, 2.05) is 36.5 Å². The van der Waals surface area contributed by atoms with Gasteiger partial charge < -0.3 is 10.6 Å². The van der Waals surface area contributed by atoms with Crippen molar-refractivity contribution in [3.05, 3.63) is 59.8 Å². The second kappa shape index (κ2) is 8.41. The minimum atomic E-state index is -5.00. The lowest BCUT2D eigenvalue weighted by Gasteiger charge is -2.23. The van der Waals surface area contributed by atoms with E-state index in [1.54, 1.807) is 16.8 Å². The molecule has 1 amide bonds. The molecule has 2 unspecified atom stereocenters. The zero-order valence-electron chi connectivity index (χ0n) is 18.0. The minimum Gasteiger partial charge on any atom is -0.366 e. The van der Waals surface area contributed by atoms with Gasteiger partial charge >= 0.3 is 12.1 Å². The molecule has 5 rings (SSSR count). The zero-order valence-corrected chi connectivity index (χ0v) is 18.0. The van der Waals surface area contributed by atoms with Crippen molar-refractivity contribution >= 4 is 22.8 Å². The Morgan fingerprint density at radius 3 is 2.59 bits per heavy atom. The van der Waals surface area contributed by atoms with E-state index in [2.05, 4.69) is 14.8 Å². The number of hydrogen-bond acceptors (Lipinski definition) is 6. The van der Waals surface area contributed by atoms with Crippen LogP contribution in [0.1, 0.15) is 22.3 Å². The maximum absolute atomic E-state index is 12.5. The number of carbonyl (C=O) groups is 2. The monoisotopic (exact) mass is 473 g/mol. The maximum atomic E-state index is 12.5. The van der Waals surface area contributed by atoms with Crippen LogP contribution in [-0.4, -0.2) is 63.5 Å². The molecule has 34 heavy (non-hydrogen) atoms. The van der Waals surface area contributed by atoms with Gasteiger partial charge in [0, 0.05) is 37.8 Å². The van der Waals surface area contributed by atoms with Gasteiger partial charge in [0.15, 0.2) is 0 Å². The van der Waals surface area contributed by atoms with Crippen molar-refractivity contribution in [2.24, 2.45) is 11.7 Å². The minimum absolute atomic E-state index is 0.163. The molecule has 2 aliphatic rings. The summed E-state index contributed by atoms with van der Waals surface area (Å²) < 4.78 is 39.3. The van der Waals surface area contributed by atoms with Gasteiger partial charge in [-0.1, -0.05) is 24.3 Å². The van der Waals surface area contributed by atoms with E-state index in [9.17, 15) is 22.8 Å². The van der Waals surface area contributed by atoms with Crippen LogP contribution in [0, 0.1) is 5.92 Å². The zero-order chi connectivity index (χ0) is 24.0. The van der Waals surface area contributed by atoms with Crippen molar-refractivity contribution in [3.8, 4) is 5.69 Å². The predicted molar refractivity (Wildman–Crippen MR) is 116 cm³/mol. The van der Waals surface area contributed by atoms with Gasteiger partial charge in [-0.3, -0.25) is 9.69 Å². The Labute approximate surface area is 192 Å². The molecular formula is C23H22F3N5O3. The van der Waals surface area contributed by atoms with Crippen LogP contribution in [0.25, 0.3) is 16.6 Å². The highest BCUT2D eigenvalue weighted by molar-refractivity contribution is 6.04. The molecule has 8 nitrogen and oxygen atoms in total. The van der Waals surface area contributed by atoms with Gasteiger partial charge in [0.05, 0.1) is 17.3 Å². The van der Waals surface area contributed by atoms with Gasteiger partial charge in [0.2, 0.25) is 0 Å². The summed E-state index contributed by atoms with van der Waals surface area (Å²) in [5.41, 5.74) is 8.20. The number of amides is 1. The summed E-state index contributed by atoms with van der Waals surface area (Å²) in [7, 11) is 0. The van der Waals surface area contributed by atoms with Crippen molar-refractivity contribution < 1.29 is 27.6 Å². The molecule has 0 aliphatic carbocycles. The smallest absolute Gasteiger partial charge is 0.366 e. The highest BCUT2D eigenvalue weighted by Gasteiger charge is 2.48. The van der Waals surface area contributed by atoms with E-state index in [1.165, 1.54) is 5.06 Å². The fourth-order valence-electron chi connectivity index (χ4n) is 4.80. The van der Waals surface area contributed by atoms with Gasteiger partial charge in [0.1, 0.15) is 5.52 Å². The molecular weight excluding hydrogens is 451 g/mol. The van der Waals surface area contributed by atoms with E-state index in [0.717, 1.165) is 23.2 Å². The number of primary amides is 1. The topological polar surface area (TPSA) is 93.7 Å². The van der Waals surface area contributed by atoms with E-state index in [-0.39, 0.29) is 12.0 Å². The summed E-state index contributed by atoms with van der Waals surface area (Å²) in [6, 6.07) is 12.8. The number of aromatic nitrogens is 2. The maximum Gasteiger partial charge on any atom is 0.492 e. The summed E-state index contributed by atoms with van der Waals surface area (Å²) in [6.07, 6.45) is -2.49. The molecule has 178 valence electrons. The predicted octanol–water partition coefficient (Wildman–Crippen LogP) is 2.65. The highest BCUT2D eigenvalue weighted by Crippen LogP contribution is 2.33. The molecule has 0 radical (unpaired) electrons. The number of nitrogens with two attached hydrogens (primary N) is 1. The van der Waals surface area contributed by atoms with Crippen LogP contribution in [0.3, 0.4) is 0 Å². The van der Waals surface area contributed by atoms with Crippen molar-refractivity contribution in [2.45, 2.75) is 25.2 Å². The van der Waals surface area contributed by atoms with E-state index < -0.39 is 18.1 Å². The van der Waals surface area contributed by atoms with Crippen LogP contribution in [-0.2, 0) is 16.2 Å². The first-order valence-corrected chi connectivity index (χ1v) is 10.8. The Kier molecular flexibility index (Phi) is 5.53. The van der Waals surface area contributed by atoms with Gasteiger partial charge in [-0.15, -0.1) is 5.06 Å².